The van der Waals surface area contributed by atoms with Crippen LogP contribution in [0.4, 0.5) is 15.8 Å². The van der Waals surface area contributed by atoms with Crippen LogP contribution in [0.3, 0.4) is 0 Å². The lowest BCUT2D eigenvalue weighted by atomic mass is 10.1. The molecule has 23 heavy (non-hydrogen) atoms. The van der Waals surface area contributed by atoms with Gasteiger partial charge in [-0.25, -0.2) is 4.39 Å². The molecule has 2 aromatic carbocycles. The van der Waals surface area contributed by atoms with Crippen molar-refractivity contribution in [1.82, 2.24) is 0 Å². The fourth-order valence-electron chi connectivity index (χ4n) is 1.82. The molecule has 0 spiro atoms. The van der Waals surface area contributed by atoms with Gasteiger partial charge in [0.25, 0.3) is 5.91 Å². The number of nitrogens with one attached hydrogen (secondary N) is 2. The first-order chi connectivity index (χ1) is 10.9. The molecule has 0 bridgehead atoms. The molecule has 7 heteroatoms. The van der Waals surface area contributed by atoms with Crippen LogP contribution < -0.4 is 10.6 Å². The quantitative estimate of drug-likeness (QED) is 0.743. The molecule has 120 valence electrons. The second-order valence-corrected chi connectivity index (χ2v) is 5.12. The first-order valence-electron chi connectivity index (χ1n) is 6.80. The Morgan fingerprint density at radius 3 is 2.43 bits per heavy atom. The Hall–Kier alpha value is -2.60. The molecule has 2 rings (SSSR count). The molecule has 0 unspecified atom stereocenters. The van der Waals surface area contributed by atoms with Crippen LogP contribution in [0, 0.1) is 5.82 Å². The van der Waals surface area contributed by atoms with Gasteiger partial charge in [0.05, 0.1) is 10.6 Å². The molecule has 2 amide bonds. The highest BCUT2D eigenvalue weighted by Gasteiger charge is 2.14. The minimum absolute atomic E-state index is 0.0284. The molecule has 0 aliphatic rings. The summed E-state index contributed by atoms with van der Waals surface area (Å²) in [5, 5.41) is 14.8. The highest BCUT2D eigenvalue weighted by atomic mass is 35.5. The number of hydrogen-bond acceptors (Lipinski definition) is 3. The number of phenolic OH excluding ortho intramolecular Hbond substituents is 1. The number of carbonyl (C=O) groups is 2. The first kappa shape index (κ1) is 16.8. The van der Waals surface area contributed by atoms with Crippen molar-refractivity contribution in [3.05, 3.63) is 52.8 Å². The van der Waals surface area contributed by atoms with Gasteiger partial charge < -0.3 is 15.7 Å². The van der Waals surface area contributed by atoms with Gasteiger partial charge in [0.1, 0.15) is 11.6 Å². The fourth-order valence-corrected chi connectivity index (χ4v) is 2.00. The third kappa shape index (κ3) is 4.20. The smallest absolute Gasteiger partial charge is 0.259 e. The molecular formula is C16H14ClFN2O3. The summed E-state index contributed by atoms with van der Waals surface area (Å²) in [5.74, 6) is -1.67. The monoisotopic (exact) mass is 336 g/mol. The van der Waals surface area contributed by atoms with Gasteiger partial charge in [-0.2, -0.15) is 0 Å². The van der Waals surface area contributed by atoms with Crippen LogP contribution in [0.1, 0.15) is 23.7 Å². The van der Waals surface area contributed by atoms with E-state index in [1.54, 1.807) is 6.92 Å². The summed E-state index contributed by atoms with van der Waals surface area (Å²) >= 11 is 5.65. The average Bonchev–Trinajstić information content (AvgIpc) is 2.52. The zero-order chi connectivity index (χ0) is 17.0. The number of benzene rings is 2. The molecule has 2 aromatic rings. The van der Waals surface area contributed by atoms with E-state index in [2.05, 4.69) is 10.6 Å². The van der Waals surface area contributed by atoms with Gasteiger partial charge >= 0.3 is 0 Å². The summed E-state index contributed by atoms with van der Waals surface area (Å²) in [6.45, 7) is 1.70. The summed E-state index contributed by atoms with van der Waals surface area (Å²) in [6.07, 6.45) is 0.288. The van der Waals surface area contributed by atoms with Gasteiger partial charge in [-0.3, -0.25) is 9.59 Å². The zero-order valence-corrected chi connectivity index (χ0v) is 12.9. The van der Waals surface area contributed by atoms with Gasteiger partial charge in [-0.1, -0.05) is 18.5 Å². The van der Waals surface area contributed by atoms with E-state index in [0.717, 1.165) is 6.07 Å². The SMILES string of the molecule is CCC(=O)Nc1ccc(O)c(C(=O)Nc2ccc(F)c(Cl)c2)c1. The lowest BCUT2D eigenvalue weighted by Gasteiger charge is -2.10. The van der Waals surface area contributed by atoms with Crippen LogP contribution in [-0.4, -0.2) is 16.9 Å². The molecule has 0 atom stereocenters. The predicted octanol–water partition coefficient (Wildman–Crippen LogP) is 3.79. The van der Waals surface area contributed by atoms with Crippen LogP contribution in [0.5, 0.6) is 5.75 Å². The maximum Gasteiger partial charge on any atom is 0.259 e. The number of amides is 2. The number of anilines is 2. The average molecular weight is 337 g/mol. The molecule has 0 saturated heterocycles. The Morgan fingerprint density at radius 1 is 1.13 bits per heavy atom. The highest BCUT2D eigenvalue weighted by molar-refractivity contribution is 6.31. The van der Waals surface area contributed by atoms with Gasteiger partial charge in [0, 0.05) is 17.8 Å². The number of rotatable bonds is 4. The predicted molar refractivity (Wildman–Crippen MR) is 86.4 cm³/mol. The molecular weight excluding hydrogens is 323 g/mol. The minimum Gasteiger partial charge on any atom is -0.507 e. The van der Waals surface area contributed by atoms with Crippen LogP contribution in [-0.2, 0) is 4.79 Å². The van der Waals surface area contributed by atoms with Gasteiger partial charge in [-0.15, -0.1) is 0 Å². The van der Waals surface area contributed by atoms with Crippen molar-refractivity contribution in [3.63, 3.8) is 0 Å². The molecule has 3 N–H and O–H groups in total. The van der Waals surface area contributed by atoms with Crippen LogP contribution in [0.15, 0.2) is 36.4 Å². The second-order valence-electron chi connectivity index (χ2n) is 4.72. The number of carbonyl (C=O) groups excluding carboxylic acids is 2. The second kappa shape index (κ2) is 7.11. The topological polar surface area (TPSA) is 78.4 Å². The van der Waals surface area contributed by atoms with Crippen molar-refractivity contribution < 1.29 is 19.1 Å². The van der Waals surface area contributed by atoms with E-state index in [-0.39, 0.29) is 34.4 Å². The van der Waals surface area contributed by atoms with Gasteiger partial charge in [-0.05, 0) is 36.4 Å². The van der Waals surface area contributed by atoms with E-state index in [9.17, 15) is 19.1 Å². The van der Waals surface area contributed by atoms with Gasteiger partial charge in [0.2, 0.25) is 5.91 Å². The molecule has 0 radical (unpaired) electrons. The van der Waals surface area contributed by atoms with Crippen molar-refractivity contribution in [3.8, 4) is 5.75 Å². The van der Waals surface area contributed by atoms with E-state index in [1.165, 1.54) is 30.3 Å². The van der Waals surface area contributed by atoms with Crippen molar-refractivity contribution in [1.29, 1.82) is 0 Å². The summed E-state index contributed by atoms with van der Waals surface area (Å²) < 4.78 is 13.1. The van der Waals surface area contributed by atoms with Crippen LogP contribution >= 0.6 is 11.6 Å². The Kier molecular flexibility index (Phi) is 5.18. The molecule has 0 heterocycles. The Balaban J connectivity index is 2.22. The molecule has 0 aromatic heterocycles. The molecule has 5 nitrogen and oxygen atoms in total. The largest absolute Gasteiger partial charge is 0.507 e. The van der Waals surface area contributed by atoms with Gasteiger partial charge in [0.15, 0.2) is 0 Å². The molecule has 0 aliphatic carbocycles. The van der Waals surface area contributed by atoms with Crippen molar-refractivity contribution in [2.75, 3.05) is 10.6 Å². The summed E-state index contributed by atoms with van der Waals surface area (Å²) in [4.78, 5) is 23.6. The first-order valence-corrected chi connectivity index (χ1v) is 7.17. The van der Waals surface area contributed by atoms with E-state index in [1.807, 2.05) is 0 Å². The molecule has 0 aliphatic heterocycles. The third-order valence-electron chi connectivity index (χ3n) is 3.02. The normalized spacial score (nSPS) is 10.2. The lowest BCUT2D eigenvalue weighted by molar-refractivity contribution is -0.115. The Labute approximate surface area is 137 Å². The van der Waals surface area contributed by atoms with Crippen molar-refractivity contribution in [2.45, 2.75) is 13.3 Å². The standard InChI is InChI=1S/C16H14ClFN2O3/c1-2-15(22)19-9-4-6-14(21)11(7-9)16(23)20-10-3-5-13(18)12(17)8-10/h3-8,21H,2H2,1H3,(H,19,22)(H,20,23). The minimum atomic E-state index is -0.613. The Morgan fingerprint density at radius 2 is 1.78 bits per heavy atom. The molecule has 0 saturated carbocycles. The van der Waals surface area contributed by atoms with Crippen molar-refractivity contribution >= 4 is 34.8 Å². The number of aromatic hydroxyl groups is 1. The zero-order valence-electron chi connectivity index (χ0n) is 12.2. The highest BCUT2D eigenvalue weighted by Crippen LogP contribution is 2.24. The number of halogens is 2. The van der Waals surface area contributed by atoms with Crippen molar-refractivity contribution in [2.24, 2.45) is 0 Å². The fraction of sp³-hybridized carbons (Fsp3) is 0.125. The summed E-state index contributed by atoms with van der Waals surface area (Å²) in [7, 11) is 0. The van der Waals surface area contributed by atoms with Crippen LogP contribution in [0.2, 0.25) is 5.02 Å². The number of phenols is 1. The summed E-state index contributed by atoms with van der Waals surface area (Å²) in [5.41, 5.74) is 0.639. The van der Waals surface area contributed by atoms with E-state index in [4.69, 9.17) is 11.6 Å². The molecule has 0 fully saturated rings. The maximum absolute atomic E-state index is 13.1. The van der Waals surface area contributed by atoms with E-state index >= 15 is 0 Å². The van der Waals surface area contributed by atoms with Crippen LogP contribution in [0.25, 0.3) is 0 Å². The Bertz CT molecular complexity index is 765. The lowest BCUT2D eigenvalue weighted by Crippen LogP contribution is -2.14. The third-order valence-corrected chi connectivity index (χ3v) is 3.31. The van der Waals surface area contributed by atoms with E-state index < -0.39 is 11.7 Å². The summed E-state index contributed by atoms with van der Waals surface area (Å²) in [6, 6.07) is 7.86. The number of hydrogen-bond donors (Lipinski definition) is 3. The van der Waals surface area contributed by atoms with E-state index in [0.29, 0.717) is 5.69 Å². The maximum atomic E-state index is 13.1.